The monoisotopic (exact) mass is 250 g/mol. The number of nitrogens with one attached hydrogen (secondary N) is 1. The Hall–Kier alpha value is -1.88. The minimum Gasteiger partial charge on any atom is -0.478 e. The molecule has 0 aromatic heterocycles. The zero-order valence-corrected chi connectivity index (χ0v) is 10.8. The van der Waals surface area contributed by atoms with Crippen molar-refractivity contribution in [3.63, 3.8) is 0 Å². The average molecular weight is 250 g/mol. The van der Waals surface area contributed by atoms with Gasteiger partial charge in [-0.1, -0.05) is 18.6 Å². The van der Waals surface area contributed by atoms with Gasteiger partial charge in [-0.3, -0.25) is 4.79 Å². The molecule has 5 nitrogen and oxygen atoms in total. The number of aromatic carboxylic acids is 1. The summed E-state index contributed by atoms with van der Waals surface area (Å²) in [6, 6.07) is 4.82. The van der Waals surface area contributed by atoms with Crippen LogP contribution in [0.3, 0.4) is 0 Å². The summed E-state index contributed by atoms with van der Waals surface area (Å²) in [4.78, 5) is 23.0. The van der Waals surface area contributed by atoms with E-state index in [9.17, 15) is 9.59 Å². The molecule has 0 aliphatic carbocycles. The van der Waals surface area contributed by atoms with Gasteiger partial charge in [-0.25, -0.2) is 4.79 Å². The minimum absolute atomic E-state index is 0.0650. The quantitative estimate of drug-likeness (QED) is 0.759. The van der Waals surface area contributed by atoms with Crippen molar-refractivity contribution in [3.05, 3.63) is 29.3 Å². The molecule has 98 valence electrons. The van der Waals surface area contributed by atoms with Crippen molar-refractivity contribution in [1.29, 1.82) is 0 Å². The number of amides is 1. The van der Waals surface area contributed by atoms with Gasteiger partial charge in [-0.15, -0.1) is 0 Å². The van der Waals surface area contributed by atoms with Gasteiger partial charge in [0, 0.05) is 0 Å². The molecule has 1 atom stereocenters. The number of hydrogen-bond acceptors (Lipinski definition) is 3. The van der Waals surface area contributed by atoms with Gasteiger partial charge in [0.2, 0.25) is 5.91 Å². The molecule has 0 heterocycles. The van der Waals surface area contributed by atoms with Crippen LogP contribution in [-0.4, -0.2) is 22.5 Å². The van der Waals surface area contributed by atoms with E-state index in [1.54, 1.807) is 32.9 Å². The normalized spacial score (nSPS) is 13.8. The Balaban J connectivity index is 3.05. The van der Waals surface area contributed by atoms with Crippen molar-refractivity contribution in [2.75, 3.05) is 5.32 Å². The minimum atomic E-state index is -1.08. The average Bonchev–Trinajstić information content (AvgIpc) is 2.31. The van der Waals surface area contributed by atoms with E-state index in [-0.39, 0.29) is 11.3 Å². The van der Waals surface area contributed by atoms with Crippen molar-refractivity contribution < 1.29 is 14.7 Å². The van der Waals surface area contributed by atoms with E-state index >= 15 is 0 Å². The van der Waals surface area contributed by atoms with Crippen molar-refractivity contribution in [2.24, 2.45) is 5.73 Å². The van der Waals surface area contributed by atoms with Crippen molar-refractivity contribution >= 4 is 17.6 Å². The molecule has 1 unspecified atom stereocenters. The first kappa shape index (κ1) is 14.2. The summed E-state index contributed by atoms with van der Waals surface area (Å²) in [6.07, 6.45) is 0.465. The fraction of sp³-hybridized carbons (Fsp3) is 0.385. The Kier molecular flexibility index (Phi) is 4.08. The third kappa shape index (κ3) is 3.07. The maximum Gasteiger partial charge on any atom is 0.337 e. The molecule has 0 aliphatic rings. The number of nitrogens with two attached hydrogens (primary N) is 1. The zero-order chi connectivity index (χ0) is 13.9. The van der Waals surface area contributed by atoms with E-state index in [0.29, 0.717) is 6.42 Å². The second kappa shape index (κ2) is 5.18. The van der Waals surface area contributed by atoms with Crippen LogP contribution in [0.5, 0.6) is 0 Å². The summed E-state index contributed by atoms with van der Waals surface area (Å²) in [5.74, 6) is -1.47. The second-order valence-electron chi connectivity index (χ2n) is 4.58. The number of anilines is 1. The molecule has 18 heavy (non-hydrogen) atoms. The van der Waals surface area contributed by atoms with Gasteiger partial charge in [0.15, 0.2) is 0 Å². The molecule has 1 rings (SSSR count). The summed E-state index contributed by atoms with van der Waals surface area (Å²) < 4.78 is 0. The molecule has 0 radical (unpaired) electrons. The Morgan fingerprint density at radius 1 is 1.44 bits per heavy atom. The maximum atomic E-state index is 11.9. The summed E-state index contributed by atoms with van der Waals surface area (Å²) in [5.41, 5.74) is 5.94. The molecule has 0 fully saturated rings. The summed E-state index contributed by atoms with van der Waals surface area (Å²) >= 11 is 0. The van der Waals surface area contributed by atoms with Crippen molar-refractivity contribution in [3.8, 4) is 0 Å². The van der Waals surface area contributed by atoms with Crippen LogP contribution >= 0.6 is 0 Å². The van der Waals surface area contributed by atoms with Crippen LogP contribution in [0.15, 0.2) is 18.2 Å². The van der Waals surface area contributed by atoms with Crippen LogP contribution in [0.4, 0.5) is 5.69 Å². The highest BCUT2D eigenvalue weighted by Gasteiger charge is 2.27. The number of aryl methyl sites for hydroxylation is 1. The van der Waals surface area contributed by atoms with Gasteiger partial charge >= 0.3 is 5.97 Å². The Labute approximate surface area is 106 Å². The van der Waals surface area contributed by atoms with Crippen LogP contribution in [-0.2, 0) is 4.79 Å². The molecule has 0 bridgehead atoms. The molecule has 1 amide bonds. The fourth-order valence-electron chi connectivity index (χ4n) is 1.37. The topological polar surface area (TPSA) is 92.4 Å². The molecule has 1 aromatic rings. The van der Waals surface area contributed by atoms with Crippen LogP contribution in [0.2, 0.25) is 0 Å². The van der Waals surface area contributed by atoms with E-state index in [0.717, 1.165) is 5.56 Å². The Morgan fingerprint density at radius 3 is 2.56 bits per heavy atom. The predicted molar refractivity (Wildman–Crippen MR) is 69.7 cm³/mol. The first-order valence-corrected chi connectivity index (χ1v) is 5.72. The lowest BCUT2D eigenvalue weighted by molar-refractivity contribution is -0.120. The molecule has 0 spiro atoms. The number of carbonyl (C=O) groups is 2. The number of hydrogen-bond donors (Lipinski definition) is 3. The van der Waals surface area contributed by atoms with Gasteiger partial charge in [0.1, 0.15) is 0 Å². The molecule has 1 aromatic carbocycles. The van der Waals surface area contributed by atoms with Gasteiger partial charge in [0.05, 0.1) is 16.8 Å². The third-order valence-corrected chi connectivity index (χ3v) is 2.91. The maximum absolute atomic E-state index is 11.9. The second-order valence-corrected chi connectivity index (χ2v) is 4.58. The van der Waals surface area contributed by atoms with Crippen LogP contribution in [0.25, 0.3) is 0 Å². The first-order chi connectivity index (χ1) is 8.27. The van der Waals surface area contributed by atoms with E-state index < -0.39 is 17.4 Å². The molecule has 4 N–H and O–H groups in total. The SMILES string of the molecule is CCC(C)(N)C(=O)Nc1ccc(C)cc1C(=O)O. The summed E-state index contributed by atoms with van der Waals surface area (Å²) in [6.45, 7) is 5.20. The molecule has 0 saturated heterocycles. The highest BCUT2D eigenvalue weighted by atomic mass is 16.4. The van der Waals surface area contributed by atoms with Gasteiger partial charge < -0.3 is 16.2 Å². The predicted octanol–water partition coefficient (Wildman–Crippen LogP) is 1.76. The molecule has 0 aliphatic heterocycles. The lowest BCUT2D eigenvalue weighted by atomic mass is 9.99. The van der Waals surface area contributed by atoms with E-state index in [2.05, 4.69) is 5.32 Å². The van der Waals surface area contributed by atoms with Crippen molar-refractivity contribution in [1.82, 2.24) is 0 Å². The fourth-order valence-corrected chi connectivity index (χ4v) is 1.37. The number of benzene rings is 1. The lowest BCUT2D eigenvalue weighted by Gasteiger charge is -2.22. The highest BCUT2D eigenvalue weighted by molar-refractivity contribution is 6.03. The summed E-state index contributed by atoms with van der Waals surface area (Å²) in [5, 5.41) is 11.6. The molecule has 0 saturated carbocycles. The Bertz CT molecular complexity index is 481. The number of carboxylic acids is 1. The Morgan fingerprint density at radius 2 is 2.06 bits per heavy atom. The number of rotatable bonds is 4. The molecular weight excluding hydrogens is 232 g/mol. The first-order valence-electron chi connectivity index (χ1n) is 5.72. The van der Waals surface area contributed by atoms with Crippen molar-refractivity contribution in [2.45, 2.75) is 32.7 Å². The van der Waals surface area contributed by atoms with E-state index in [1.807, 2.05) is 0 Å². The molecule has 5 heteroatoms. The lowest BCUT2D eigenvalue weighted by Crippen LogP contribution is -2.48. The van der Waals surface area contributed by atoms with Crippen LogP contribution in [0.1, 0.15) is 36.2 Å². The highest BCUT2D eigenvalue weighted by Crippen LogP contribution is 2.19. The summed E-state index contributed by atoms with van der Waals surface area (Å²) in [7, 11) is 0. The zero-order valence-electron chi connectivity index (χ0n) is 10.8. The largest absolute Gasteiger partial charge is 0.478 e. The third-order valence-electron chi connectivity index (χ3n) is 2.91. The van der Waals surface area contributed by atoms with Gasteiger partial charge in [-0.2, -0.15) is 0 Å². The number of carboxylic acid groups (broad SMARTS) is 1. The standard InChI is InChI=1S/C13H18N2O3/c1-4-13(3,14)12(18)15-10-6-5-8(2)7-9(10)11(16)17/h5-7H,4,14H2,1-3H3,(H,15,18)(H,16,17). The van der Waals surface area contributed by atoms with E-state index in [1.165, 1.54) is 6.07 Å². The molecular formula is C13H18N2O3. The van der Waals surface area contributed by atoms with Crippen LogP contribution in [0, 0.1) is 6.92 Å². The van der Waals surface area contributed by atoms with Crippen LogP contribution < -0.4 is 11.1 Å². The number of carbonyl (C=O) groups excluding carboxylic acids is 1. The van der Waals surface area contributed by atoms with Gasteiger partial charge in [0.25, 0.3) is 0 Å². The van der Waals surface area contributed by atoms with E-state index in [4.69, 9.17) is 10.8 Å². The van der Waals surface area contributed by atoms with Gasteiger partial charge in [-0.05, 0) is 32.4 Å². The smallest absolute Gasteiger partial charge is 0.337 e.